The number of guanidine groups is 1. The largest absolute Gasteiger partial charge is 0.353 e. The van der Waals surface area contributed by atoms with Crippen LogP contribution < -0.4 is 10.6 Å². The predicted molar refractivity (Wildman–Crippen MR) is 132 cm³/mol. The van der Waals surface area contributed by atoms with E-state index in [9.17, 15) is 4.79 Å². The van der Waals surface area contributed by atoms with Gasteiger partial charge in [0.1, 0.15) is 18.2 Å². The van der Waals surface area contributed by atoms with Crippen molar-refractivity contribution < 1.29 is 4.79 Å². The molecule has 2 atom stereocenters. The number of aryl methyl sites for hydroxylation is 3. The minimum Gasteiger partial charge on any atom is -0.353 e. The highest BCUT2D eigenvalue weighted by atomic mass is 127. The minimum absolute atomic E-state index is 0. The Labute approximate surface area is 200 Å². The number of halogens is 1. The van der Waals surface area contributed by atoms with Gasteiger partial charge in [0, 0.05) is 26.7 Å². The molecule has 1 aliphatic heterocycles. The van der Waals surface area contributed by atoms with Crippen molar-refractivity contribution in [1.82, 2.24) is 30.3 Å². The minimum atomic E-state index is -0.0206. The fourth-order valence-corrected chi connectivity index (χ4v) is 4.21. The van der Waals surface area contributed by atoms with E-state index in [1.807, 2.05) is 11.6 Å². The van der Waals surface area contributed by atoms with Gasteiger partial charge in [-0.05, 0) is 50.2 Å². The van der Waals surface area contributed by atoms with Crippen LogP contribution >= 0.6 is 24.0 Å². The van der Waals surface area contributed by atoms with Crippen molar-refractivity contribution in [2.24, 2.45) is 4.99 Å². The van der Waals surface area contributed by atoms with Crippen LogP contribution in [0.4, 0.5) is 0 Å². The molecule has 0 radical (unpaired) electrons. The smallest absolute Gasteiger partial charge is 0.243 e. The van der Waals surface area contributed by atoms with E-state index in [0.717, 1.165) is 50.3 Å². The molecule has 1 aromatic carbocycles. The Morgan fingerprint density at radius 2 is 2.00 bits per heavy atom. The van der Waals surface area contributed by atoms with Gasteiger partial charge >= 0.3 is 0 Å². The maximum absolute atomic E-state index is 12.1. The zero-order valence-electron chi connectivity index (χ0n) is 18.5. The normalized spacial score (nSPS) is 20.2. The number of hydrogen-bond acceptors (Lipinski definition) is 4. The highest BCUT2D eigenvalue weighted by Crippen LogP contribution is 2.24. The number of carbonyl (C=O) groups is 1. The van der Waals surface area contributed by atoms with Crippen molar-refractivity contribution in [3.05, 3.63) is 47.0 Å². The lowest BCUT2D eigenvalue weighted by Gasteiger charge is -2.30. The standard InChI is InChI=1S/C22H31N7O.HI/c1-15-24-21-19(9-6-12-29(21)27-15)26-22(23-14-20(30)28(2)3)25-18-11-10-16-7-4-5-8-17(16)13-18;/h4-5,7-8,18-19H,6,9-14H2,1-3H3,(H2,23,25,26);1H. The van der Waals surface area contributed by atoms with E-state index in [4.69, 9.17) is 0 Å². The fraction of sp³-hybridized carbons (Fsp3) is 0.545. The second-order valence-corrected chi connectivity index (χ2v) is 8.39. The van der Waals surface area contributed by atoms with E-state index in [0.29, 0.717) is 5.96 Å². The first-order chi connectivity index (χ1) is 14.5. The van der Waals surface area contributed by atoms with E-state index in [1.54, 1.807) is 19.0 Å². The van der Waals surface area contributed by atoms with Crippen LogP contribution in [0.1, 0.15) is 48.1 Å². The van der Waals surface area contributed by atoms with Crippen LogP contribution in [0.3, 0.4) is 0 Å². The molecule has 0 spiro atoms. The summed E-state index contributed by atoms with van der Waals surface area (Å²) in [5.74, 6) is 2.39. The summed E-state index contributed by atoms with van der Waals surface area (Å²) in [6, 6.07) is 8.94. The summed E-state index contributed by atoms with van der Waals surface area (Å²) in [6.45, 7) is 2.93. The molecule has 0 saturated carbocycles. The summed E-state index contributed by atoms with van der Waals surface area (Å²) in [7, 11) is 3.51. The predicted octanol–water partition coefficient (Wildman–Crippen LogP) is 2.22. The van der Waals surface area contributed by atoms with Crippen LogP contribution in [-0.2, 0) is 24.2 Å². The molecule has 0 fully saturated rings. The average molecular weight is 537 g/mol. The number of benzene rings is 1. The van der Waals surface area contributed by atoms with Gasteiger partial charge in [0.05, 0.1) is 6.04 Å². The van der Waals surface area contributed by atoms with Crippen molar-refractivity contribution in [3.8, 4) is 0 Å². The lowest BCUT2D eigenvalue weighted by molar-refractivity contribution is -0.127. The highest BCUT2D eigenvalue weighted by molar-refractivity contribution is 14.0. The Bertz CT molecular complexity index is 940. The molecule has 2 unspecified atom stereocenters. The molecule has 4 rings (SSSR count). The lowest BCUT2D eigenvalue weighted by Crippen LogP contribution is -2.48. The summed E-state index contributed by atoms with van der Waals surface area (Å²) in [5.41, 5.74) is 2.82. The van der Waals surface area contributed by atoms with Gasteiger partial charge in [-0.3, -0.25) is 4.79 Å². The van der Waals surface area contributed by atoms with Crippen LogP contribution in [0, 0.1) is 6.92 Å². The molecule has 0 saturated heterocycles. The monoisotopic (exact) mass is 537 g/mol. The zero-order valence-corrected chi connectivity index (χ0v) is 20.8. The molecule has 9 heteroatoms. The molecule has 2 heterocycles. The number of rotatable bonds is 4. The van der Waals surface area contributed by atoms with Crippen LogP contribution in [0.25, 0.3) is 0 Å². The zero-order chi connectivity index (χ0) is 21.1. The summed E-state index contributed by atoms with van der Waals surface area (Å²) in [5, 5.41) is 11.6. The molecule has 0 bridgehead atoms. The van der Waals surface area contributed by atoms with Gasteiger partial charge in [0.25, 0.3) is 0 Å². The third kappa shape index (κ3) is 5.75. The Balaban J connectivity index is 0.00000272. The van der Waals surface area contributed by atoms with Gasteiger partial charge in [0.2, 0.25) is 5.91 Å². The van der Waals surface area contributed by atoms with Gasteiger partial charge in [-0.1, -0.05) is 24.3 Å². The van der Waals surface area contributed by atoms with Crippen molar-refractivity contribution >= 4 is 35.8 Å². The average Bonchev–Trinajstić information content (AvgIpc) is 3.12. The van der Waals surface area contributed by atoms with Crippen LogP contribution in [0.15, 0.2) is 29.3 Å². The molecule has 1 aliphatic carbocycles. The number of likely N-dealkylation sites (N-methyl/N-ethyl adjacent to an activating group) is 1. The number of hydrogen-bond donors (Lipinski definition) is 2. The lowest BCUT2D eigenvalue weighted by atomic mass is 9.88. The Morgan fingerprint density at radius 3 is 2.77 bits per heavy atom. The molecule has 2 aliphatic rings. The second-order valence-electron chi connectivity index (χ2n) is 8.39. The van der Waals surface area contributed by atoms with E-state index < -0.39 is 0 Å². The van der Waals surface area contributed by atoms with Crippen LogP contribution in [0.5, 0.6) is 0 Å². The van der Waals surface area contributed by atoms with Gasteiger partial charge in [0.15, 0.2) is 5.96 Å². The number of nitrogens with zero attached hydrogens (tertiary/aromatic N) is 5. The molecular formula is C22H32IN7O. The first kappa shape index (κ1) is 23.5. The number of aromatic nitrogens is 3. The highest BCUT2D eigenvalue weighted by Gasteiger charge is 2.26. The number of amides is 1. The van der Waals surface area contributed by atoms with Gasteiger partial charge in [-0.25, -0.2) is 14.7 Å². The Kier molecular flexibility index (Phi) is 7.90. The molecular weight excluding hydrogens is 505 g/mol. The summed E-state index contributed by atoms with van der Waals surface area (Å²) < 4.78 is 1.98. The van der Waals surface area contributed by atoms with Gasteiger partial charge in [-0.2, -0.15) is 5.10 Å². The molecule has 1 amide bonds. The Morgan fingerprint density at radius 1 is 1.23 bits per heavy atom. The number of carbonyl (C=O) groups excluding carboxylic acids is 1. The van der Waals surface area contributed by atoms with Crippen molar-refractivity contribution in [3.63, 3.8) is 0 Å². The Hall–Kier alpha value is -2.17. The van der Waals surface area contributed by atoms with E-state index in [1.165, 1.54) is 11.1 Å². The molecule has 2 aromatic rings. The van der Waals surface area contributed by atoms with Crippen molar-refractivity contribution in [1.29, 1.82) is 0 Å². The van der Waals surface area contributed by atoms with E-state index in [2.05, 4.69) is 50.0 Å². The van der Waals surface area contributed by atoms with E-state index >= 15 is 0 Å². The quantitative estimate of drug-likeness (QED) is 0.355. The maximum atomic E-state index is 12.1. The molecule has 2 N–H and O–H groups in total. The number of aliphatic imine (C=N–C) groups is 1. The second kappa shape index (κ2) is 10.4. The molecule has 168 valence electrons. The van der Waals surface area contributed by atoms with E-state index in [-0.39, 0.29) is 48.5 Å². The third-order valence-corrected chi connectivity index (χ3v) is 5.85. The summed E-state index contributed by atoms with van der Waals surface area (Å²) in [6.07, 6.45) is 5.05. The maximum Gasteiger partial charge on any atom is 0.243 e. The van der Waals surface area contributed by atoms with Crippen LogP contribution in [0.2, 0.25) is 0 Å². The van der Waals surface area contributed by atoms with Gasteiger partial charge < -0.3 is 15.5 Å². The summed E-state index contributed by atoms with van der Waals surface area (Å²) >= 11 is 0. The number of nitrogens with one attached hydrogen (secondary N) is 2. The van der Waals surface area contributed by atoms with Gasteiger partial charge in [-0.15, -0.1) is 24.0 Å². The fourth-order valence-electron chi connectivity index (χ4n) is 4.21. The van der Waals surface area contributed by atoms with Crippen molar-refractivity contribution in [2.45, 2.75) is 57.7 Å². The summed E-state index contributed by atoms with van der Waals surface area (Å²) in [4.78, 5) is 22.9. The topological polar surface area (TPSA) is 87.4 Å². The molecule has 1 aromatic heterocycles. The molecule has 31 heavy (non-hydrogen) atoms. The van der Waals surface area contributed by atoms with Crippen molar-refractivity contribution in [2.75, 3.05) is 20.6 Å². The first-order valence-electron chi connectivity index (χ1n) is 10.8. The SMILES string of the molecule is Cc1nc2n(n1)CCCC2NC(=NCC(=O)N(C)C)NC1CCc2ccccc2C1.I. The third-order valence-electron chi connectivity index (χ3n) is 5.85. The van der Waals surface area contributed by atoms with Crippen LogP contribution in [-0.4, -0.2) is 58.2 Å². The number of fused-ring (bicyclic) bond motifs is 2. The molecule has 8 nitrogen and oxygen atoms in total. The first-order valence-corrected chi connectivity index (χ1v) is 10.8.